The van der Waals surface area contributed by atoms with E-state index in [0.29, 0.717) is 25.4 Å². The first kappa shape index (κ1) is 19.5. The number of thioether (sulfide) groups is 1. The molecule has 3 rings (SSSR count). The first-order valence-corrected chi connectivity index (χ1v) is 10.3. The van der Waals surface area contributed by atoms with Crippen LogP contribution in [-0.2, 0) is 19.1 Å². The standard InChI is InChI=1S/C20H24N2O4S/c1-2-26-20(25)16-9-6-10-21(11-16)18(23)12-22-17(13-27-14-19(22)24)15-7-4-3-5-8-15/h3-5,7-8,13,16H,2,6,9-12,14H2,1H3. The smallest absolute Gasteiger partial charge is 0.310 e. The Bertz CT molecular complexity index is 735. The van der Waals surface area contributed by atoms with Crippen LogP contribution in [-0.4, -0.2) is 59.6 Å². The van der Waals surface area contributed by atoms with Crippen molar-refractivity contribution in [3.05, 3.63) is 41.3 Å². The van der Waals surface area contributed by atoms with Gasteiger partial charge in [0.05, 0.1) is 24.0 Å². The monoisotopic (exact) mass is 388 g/mol. The number of carbonyl (C=O) groups is 3. The van der Waals surface area contributed by atoms with E-state index in [1.807, 2.05) is 35.7 Å². The highest BCUT2D eigenvalue weighted by Gasteiger charge is 2.32. The molecule has 0 spiro atoms. The van der Waals surface area contributed by atoms with Crippen LogP contribution in [0.5, 0.6) is 0 Å². The quantitative estimate of drug-likeness (QED) is 0.725. The van der Waals surface area contributed by atoms with E-state index >= 15 is 0 Å². The highest BCUT2D eigenvalue weighted by molar-refractivity contribution is 8.03. The molecule has 27 heavy (non-hydrogen) atoms. The zero-order valence-corrected chi connectivity index (χ0v) is 16.2. The number of hydrogen-bond acceptors (Lipinski definition) is 5. The fraction of sp³-hybridized carbons (Fsp3) is 0.450. The summed E-state index contributed by atoms with van der Waals surface area (Å²) in [6.07, 6.45) is 1.50. The Morgan fingerprint density at radius 1 is 1.26 bits per heavy atom. The second-order valence-corrected chi connectivity index (χ2v) is 7.45. The first-order chi connectivity index (χ1) is 13.1. The van der Waals surface area contributed by atoms with Crippen molar-refractivity contribution in [1.82, 2.24) is 9.80 Å². The molecular weight excluding hydrogens is 364 g/mol. The molecule has 2 aliphatic heterocycles. The normalized spacial score (nSPS) is 20.3. The van der Waals surface area contributed by atoms with Crippen LogP contribution in [0, 0.1) is 5.92 Å². The zero-order valence-electron chi connectivity index (χ0n) is 15.4. The molecule has 1 fully saturated rings. The van der Waals surface area contributed by atoms with Crippen molar-refractivity contribution in [1.29, 1.82) is 0 Å². The van der Waals surface area contributed by atoms with Gasteiger partial charge in [-0.3, -0.25) is 14.4 Å². The van der Waals surface area contributed by atoms with Gasteiger partial charge in [0.2, 0.25) is 11.8 Å². The van der Waals surface area contributed by atoms with Gasteiger partial charge >= 0.3 is 5.97 Å². The third-order valence-electron chi connectivity index (χ3n) is 4.75. The summed E-state index contributed by atoms with van der Waals surface area (Å²) >= 11 is 1.44. The highest BCUT2D eigenvalue weighted by Crippen LogP contribution is 2.28. The Kier molecular flexibility index (Phi) is 6.55. The molecule has 2 aliphatic rings. The summed E-state index contributed by atoms with van der Waals surface area (Å²) < 4.78 is 5.10. The van der Waals surface area contributed by atoms with Gasteiger partial charge in [-0.2, -0.15) is 0 Å². The van der Waals surface area contributed by atoms with Gasteiger partial charge in [-0.15, -0.1) is 11.8 Å². The minimum absolute atomic E-state index is 0.00430. The number of carbonyl (C=O) groups excluding carboxylic acids is 3. The SMILES string of the molecule is CCOC(=O)C1CCCN(C(=O)CN2C(=O)CSC=C2c2ccccc2)C1. The van der Waals surface area contributed by atoms with Crippen molar-refractivity contribution >= 4 is 35.2 Å². The maximum atomic E-state index is 12.9. The van der Waals surface area contributed by atoms with Gasteiger partial charge in [0, 0.05) is 13.1 Å². The lowest BCUT2D eigenvalue weighted by Crippen LogP contribution is -2.48. The Labute approximate surface area is 163 Å². The second-order valence-electron chi connectivity index (χ2n) is 6.59. The molecule has 6 nitrogen and oxygen atoms in total. The topological polar surface area (TPSA) is 66.9 Å². The second kappa shape index (κ2) is 9.08. The summed E-state index contributed by atoms with van der Waals surface area (Å²) in [6.45, 7) is 3.08. The fourth-order valence-corrected chi connectivity index (χ4v) is 4.17. The third kappa shape index (κ3) is 4.71. The number of ether oxygens (including phenoxy) is 1. The maximum absolute atomic E-state index is 12.9. The molecule has 0 aromatic heterocycles. The minimum Gasteiger partial charge on any atom is -0.466 e. The lowest BCUT2D eigenvalue weighted by atomic mass is 9.98. The molecule has 1 atom stereocenters. The van der Waals surface area contributed by atoms with Gasteiger partial charge < -0.3 is 14.5 Å². The van der Waals surface area contributed by atoms with Crippen LogP contribution in [0.1, 0.15) is 25.3 Å². The van der Waals surface area contributed by atoms with Crippen molar-refractivity contribution in [2.45, 2.75) is 19.8 Å². The van der Waals surface area contributed by atoms with Crippen molar-refractivity contribution in [2.24, 2.45) is 5.92 Å². The van der Waals surface area contributed by atoms with E-state index in [0.717, 1.165) is 24.1 Å². The van der Waals surface area contributed by atoms with Crippen LogP contribution in [0.3, 0.4) is 0 Å². The lowest BCUT2D eigenvalue weighted by Gasteiger charge is -2.34. The van der Waals surface area contributed by atoms with Gasteiger partial charge in [-0.25, -0.2) is 0 Å². The average molecular weight is 388 g/mol. The van der Waals surface area contributed by atoms with Crippen LogP contribution in [0.25, 0.3) is 5.70 Å². The molecule has 0 radical (unpaired) electrons. The van der Waals surface area contributed by atoms with Crippen molar-refractivity contribution < 1.29 is 19.1 Å². The van der Waals surface area contributed by atoms with E-state index in [9.17, 15) is 14.4 Å². The first-order valence-electron chi connectivity index (χ1n) is 9.22. The summed E-state index contributed by atoms with van der Waals surface area (Å²) in [5.74, 6) is -0.404. The molecule has 2 heterocycles. The van der Waals surface area contributed by atoms with E-state index in [1.54, 1.807) is 16.7 Å². The molecule has 1 saturated heterocycles. The summed E-state index contributed by atoms with van der Waals surface area (Å²) in [5, 5.41) is 1.93. The van der Waals surface area contributed by atoms with Crippen molar-refractivity contribution in [2.75, 3.05) is 32.0 Å². The lowest BCUT2D eigenvalue weighted by molar-refractivity contribution is -0.151. The molecule has 0 bridgehead atoms. The summed E-state index contributed by atoms with van der Waals surface area (Å²) in [7, 11) is 0. The molecule has 1 aromatic carbocycles. The van der Waals surface area contributed by atoms with E-state index in [4.69, 9.17) is 4.74 Å². The number of piperidine rings is 1. The van der Waals surface area contributed by atoms with Crippen LogP contribution >= 0.6 is 11.8 Å². The van der Waals surface area contributed by atoms with Gasteiger partial charge in [-0.1, -0.05) is 30.3 Å². The third-order valence-corrected chi connectivity index (χ3v) is 5.55. The molecule has 2 amide bonds. The Hall–Kier alpha value is -2.28. The fourth-order valence-electron chi connectivity index (χ4n) is 3.37. The summed E-state index contributed by atoms with van der Waals surface area (Å²) in [5.41, 5.74) is 1.66. The highest BCUT2D eigenvalue weighted by atomic mass is 32.2. The number of amides is 2. The van der Waals surface area contributed by atoms with Crippen molar-refractivity contribution in [3.8, 4) is 0 Å². The molecule has 7 heteroatoms. The average Bonchev–Trinajstić information content (AvgIpc) is 2.70. The predicted octanol–water partition coefficient (Wildman–Crippen LogP) is 2.36. The molecular formula is C20H24N2O4S. The van der Waals surface area contributed by atoms with Crippen LogP contribution < -0.4 is 0 Å². The Morgan fingerprint density at radius 3 is 2.78 bits per heavy atom. The Morgan fingerprint density at radius 2 is 2.04 bits per heavy atom. The molecule has 1 aromatic rings. The molecule has 0 aliphatic carbocycles. The number of rotatable bonds is 5. The van der Waals surface area contributed by atoms with E-state index in [-0.39, 0.29) is 30.2 Å². The largest absolute Gasteiger partial charge is 0.466 e. The van der Waals surface area contributed by atoms with E-state index in [1.165, 1.54) is 11.8 Å². The van der Waals surface area contributed by atoms with E-state index < -0.39 is 0 Å². The Balaban J connectivity index is 1.70. The van der Waals surface area contributed by atoms with Gasteiger partial charge in [0.1, 0.15) is 6.54 Å². The number of likely N-dealkylation sites (tertiary alicyclic amines) is 1. The number of esters is 1. The van der Waals surface area contributed by atoms with Gasteiger partial charge in [0.15, 0.2) is 0 Å². The number of nitrogens with zero attached hydrogens (tertiary/aromatic N) is 2. The van der Waals surface area contributed by atoms with Gasteiger partial charge in [-0.05, 0) is 30.7 Å². The molecule has 0 saturated carbocycles. The zero-order chi connectivity index (χ0) is 19.2. The molecule has 1 unspecified atom stereocenters. The predicted molar refractivity (Wildman–Crippen MR) is 105 cm³/mol. The number of hydrogen-bond donors (Lipinski definition) is 0. The van der Waals surface area contributed by atoms with E-state index in [2.05, 4.69) is 0 Å². The van der Waals surface area contributed by atoms with Crippen molar-refractivity contribution in [3.63, 3.8) is 0 Å². The summed E-state index contributed by atoms with van der Waals surface area (Å²) in [4.78, 5) is 40.6. The summed E-state index contributed by atoms with van der Waals surface area (Å²) in [6, 6.07) is 9.60. The van der Waals surface area contributed by atoms with Gasteiger partial charge in [0.25, 0.3) is 0 Å². The number of benzene rings is 1. The minimum atomic E-state index is -0.278. The molecule has 144 valence electrons. The van der Waals surface area contributed by atoms with Crippen LogP contribution in [0.2, 0.25) is 0 Å². The van der Waals surface area contributed by atoms with Crippen LogP contribution in [0.15, 0.2) is 35.7 Å². The molecule has 0 N–H and O–H groups in total. The van der Waals surface area contributed by atoms with Crippen LogP contribution in [0.4, 0.5) is 0 Å². The maximum Gasteiger partial charge on any atom is 0.310 e.